The second kappa shape index (κ2) is 15.0. The van der Waals surface area contributed by atoms with Crippen LogP contribution in [0.5, 0.6) is 5.75 Å². The Morgan fingerprint density at radius 2 is 1.82 bits per heavy atom. The van der Waals surface area contributed by atoms with Crippen LogP contribution >= 0.6 is 34.5 Å². The number of halogens is 4. The molecule has 9 rings (SSSR count). The molecule has 0 radical (unpaired) electrons. The third-order valence-corrected chi connectivity index (χ3v) is 14.3. The van der Waals surface area contributed by atoms with E-state index in [1.165, 1.54) is 12.3 Å². The van der Waals surface area contributed by atoms with Crippen molar-refractivity contribution in [1.29, 1.82) is 0 Å². The molecule has 11 nitrogen and oxygen atoms in total. The highest BCUT2D eigenvalue weighted by atomic mass is 35.5. The molecular weight excluding hydrogens is 795 g/mol. The van der Waals surface area contributed by atoms with Crippen LogP contribution in [0.2, 0.25) is 10.0 Å². The van der Waals surface area contributed by atoms with Crippen molar-refractivity contribution < 1.29 is 28.2 Å². The van der Waals surface area contributed by atoms with Crippen molar-refractivity contribution >= 4 is 68.1 Å². The van der Waals surface area contributed by atoms with Gasteiger partial charge in [0.25, 0.3) is 0 Å². The molecule has 2 aromatic carbocycles. The number of anilines is 2. The second-order valence-corrected chi connectivity index (χ2v) is 17.3. The Hall–Kier alpha value is -4.47. The SMILES string of the molecule is O=C1CC[C@@H](CNCc2cnc(-c3cccc(-c4cccc(Nc5nccc6sc(CNC7CCC78C(C(=O)O)CC87CC7)nc56)c4Cl)c3Cl)cc2OC(F)F)N1. The largest absolute Gasteiger partial charge is 0.481 e. The van der Waals surface area contributed by atoms with Gasteiger partial charge in [-0.3, -0.25) is 14.6 Å². The number of pyridine rings is 2. The third-order valence-electron chi connectivity index (χ3n) is 12.4. The van der Waals surface area contributed by atoms with Crippen LogP contribution in [-0.4, -0.2) is 57.2 Å². The zero-order valence-corrected chi connectivity index (χ0v) is 32.9. The third kappa shape index (κ3) is 6.88. The molecule has 1 saturated heterocycles. The molecule has 3 aromatic heterocycles. The van der Waals surface area contributed by atoms with E-state index in [1.807, 2.05) is 30.3 Å². The Kier molecular flexibility index (Phi) is 10.0. The first-order valence-electron chi connectivity index (χ1n) is 19.0. The van der Waals surface area contributed by atoms with E-state index < -0.39 is 12.6 Å². The molecule has 5 N–H and O–H groups in total. The van der Waals surface area contributed by atoms with E-state index >= 15 is 0 Å². The molecule has 3 aliphatic carbocycles. The molecule has 4 aliphatic rings. The number of hydrogen-bond acceptors (Lipinski definition) is 10. The quantitative estimate of drug-likeness (QED) is 0.0737. The predicted molar refractivity (Wildman–Crippen MR) is 215 cm³/mol. The maximum absolute atomic E-state index is 13.5. The summed E-state index contributed by atoms with van der Waals surface area (Å²) in [4.78, 5) is 37.7. The van der Waals surface area contributed by atoms with Gasteiger partial charge in [-0.2, -0.15) is 8.78 Å². The first kappa shape index (κ1) is 38.1. The monoisotopic (exact) mass is 833 g/mol. The van der Waals surface area contributed by atoms with E-state index in [-0.39, 0.29) is 47.0 Å². The lowest BCUT2D eigenvalue weighted by Gasteiger charge is -2.66. The van der Waals surface area contributed by atoms with Crippen LogP contribution in [0.3, 0.4) is 0 Å². The first-order chi connectivity index (χ1) is 27.5. The molecule has 5 aromatic rings. The van der Waals surface area contributed by atoms with E-state index in [9.17, 15) is 23.5 Å². The minimum absolute atomic E-state index is 0.00165. The first-order valence-corrected chi connectivity index (χ1v) is 20.6. The molecule has 4 heterocycles. The number of aliphatic carboxylic acids is 1. The number of carbonyl (C=O) groups excluding carboxylic acids is 1. The van der Waals surface area contributed by atoms with Gasteiger partial charge in [0.15, 0.2) is 5.82 Å². The second-order valence-electron chi connectivity index (χ2n) is 15.5. The van der Waals surface area contributed by atoms with Crippen LogP contribution in [0.15, 0.2) is 60.9 Å². The topological polar surface area (TPSA) is 150 Å². The van der Waals surface area contributed by atoms with Gasteiger partial charge in [-0.15, -0.1) is 11.3 Å². The van der Waals surface area contributed by atoms with Crippen molar-refractivity contribution in [2.45, 2.75) is 76.7 Å². The maximum atomic E-state index is 13.5. The fraction of sp³-hybridized carbons (Fsp3) is 0.390. The van der Waals surface area contributed by atoms with Crippen LogP contribution < -0.4 is 26.0 Å². The number of hydrogen-bond donors (Lipinski definition) is 5. The summed E-state index contributed by atoms with van der Waals surface area (Å²) in [6.07, 6.45) is 9.39. The number of benzene rings is 2. The molecule has 4 atom stereocenters. The molecule has 3 unspecified atom stereocenters. The summed E-state index contributed by atoms with van der Waals surface area (Å²) in [5, 5.41) is 24.6. The van der Waals surface area contributed by atoms with E-state index in [0.717, 1.165) is 41.8 Å². The minimum atomic E-state index is -3.05. The standard InChI is InChI=1S/C41H39Cl2F2N7O4S/c42-34-23(3-1-5-25(34)28-15-29(56-39(44)45)21(18-48-28)17-46-19-22-7-8-32(53)50-22)24-4-2-6-27(35(24)43)51-37-36-30(10-14-47-37)57-33(52-36)20-49-31-9-11-41(31)26(38(54)55)16-40(41)12-13-40/h1-6,10,14-15,18,22,26,31,39,46,49H,7-9,11-13,16-17,19-20H2,(H,47,51)(H,50,53)(H,54,55)/t22-,26?,31?,41?/m0/s1. The van der Waals surface area contributed by atoms with Crippen molar-refractivity contribution in [1.82, 2.24) is 30.9 Å². The number of alkyl halides is 2. The van der Waals surface area contributed by atoms with Crippen LogP contribution in [0.4, 0.5) is 20.3 Å². The summed E-state index contributed by atoms with van der Waals surface area (Å²) in [7, 11) is 0. The van der Waals surface area contributed by atoms with E-state index in [0.29, 0.717) is 80.9 Å². The molecule has 4 fully saturated rings. The summed E-state index contributed by atoms with van der Waals surface area (Å²) in [5.74, 6) is -0.436. The lowest BCUT2D eigenvalue weighted by Crippen LogP contribution is -2.69. The molecule has 296 valence electrons. The fourth-order valence-corrected chi connectivity index (χ4v) is 10.9. The molecule has 57 heavy (non-hydrogen) atoms. The zero-order chi connectivity index (χ0) is 39.5. The van der Waals surface area contributed by atoms with Crippen molar-refractivity contribution in [2.75, 3.05) is 11.9 Å². The van der Waals surface area contributed by atoms with Crippen molar-refractivity contribution in [2.24, 2.45) is 16.7 Å². The summed E-state index contributed by atoms with van der Waals surface area (Å²) >= 11 is 15.7. The van der Waals surface area contributed by atoms with Crippen LogP contribution in [0.25, 0.3) is 32.6 Å². The number of amides is 1. The molecule has 2 spiro atoms. The number of nitrogens with one attached hydrogen (secondary N) is 4. The minimum Gasteiger partial charge on any atom is -0.481 e. The highest BCUT2D eigenvalue weighted by molar-refractivity contribution is 7.18. The average Bonchev–Trinajstić information content (AvgIpc) is 3.72. The highest BCUT2D eigenvalue weighted by Gasteiger charge is 2.77. The summed E-state index contributed by atoms with van der Waals surface area (Å²) in [6.45, 7) is -1.81. The van der Waals surface area contributed by atoms with Gasteiger partial charge in [-0.05, 0) is 56.1 Å². The van der Waals surface area contributed by atoms with E-state index in [1.54, 1.807) is 29.7 Å². The zero-order valence-electron chi connectivity index (χ0n) is 30.6. The molecule has 1 aliphatic heterocycles. The maximum Gasteiger partial charge on any atom is 0.387 e. The van der Waals surface area contributed by atoms with Crippen LogP contribution in [0, 0.1) is 16.7 Å². The smallest absolute Gasteiger partial charge is 0.387 e. The summed E-state index contributed by atoms with van der Waals surface area (Å²) in [6, 6.07) is 14.4. The van der Waals surface area contributed by atoms with Gasteiger partial charge in [-0.25, -0.2) is 9.97 Å². The Bertz CT molecular complexity index is 2400. The number of carbonyl (C=O) groups is 2. The van der Waals surface area contributed by atoms with E-state index in [2.05, 4.69) is 31.2 Å². The van der Waals surface area contributed by atoms with Gasteiger partial charge in [0, 0.05) is 84.3 Å². The van der Waals surface area contributed by atoms with Crippen molar-refractivity contribution in [3.63, 3.8) is 0 Å². The summed E-state index contributed by atoms with van der Waals surface area (Å²) in [5.41, 5.74) is 3.89. The highest BCUT2D eigenvalue weighted by Crippen LogP contribution is 2.80. The van der Waals surface area contributed by atoms with Crippen molar-refractivity contribution in [3.8, 4) is 28.1 Å². The molecule has 3 saturated carbocycles. The average molecular weight is 835 g/mol. The summed E-state index contributed by atoms with van der Waals surface area (Å²) < 4.78 is 32.9. The van der Waals surface area contributed by atoms with Gasteiger partial charge in [0.05, 0.1) is 32.0 Å². The van der Waals surface area contributed by atoms with Gasteiger partial charge in [0.1, 0.15) is 16.3 Å². The lowest BCUT2D eigenvalue weighted by molar-refractivity contribution is -0.194. The Labute approximate surface area is 340 Å². The van der Waals surface area contributed by atoms with Crippen LogP contribution in [-0.2, 0) is 22.7 Å². The number of rotatable bonds is 14. The molecule has 1 amide bonds. The van der Waals surface area contributed by atoms with Gasteiger partial charge < -0.3 is 31.1 Å². The number of fused-ring (bicyclic) bond motifs is 2. The van der Waals surface area contributed by atoms with E-state index in [4.69, 9.17) is 32.9 Å². The predicted octanol–water partition coefficient (Wildman–Crippen LogP) is 8.56. The Morgan fingerprint density at radius 1 is 1.04 bits per heavy atom. The van der Waals surface area contributed by atoms with Crippen LogP contribution in [0.1, 0.15) is 55.5 Å². The van der Waals surface area contributed by atoms with Gasteiger partial charge in [-0.1, -0.05) is 53.5 Å². The number of ether oxygens (including phenoxy) is 1. The molecule has 0 bridgehead atoms. The number of carboxylic acids is 1. The number of nitrogens with zero attached hydrogens (tertiary/aromatic N) is 3. The number of aromatic nitrogens is 3. The Balaban J connectivity index is 0.927. The lowest BCUT2D eigenvalue weighted by atomic mass is 9.39. The van der Waals surface area contributed by atoms with Gasteiger partial charge >= 0.3 is 12.6 Å². The fourth-order valence-electron chi connectivity index (χ4n) is 9.41. The Morgan fingerprint density at radius 3 is 2.54 bits per heavy atom. The number of thiazole rings is 1. The van der Waals surface area contributed by atoms with Gasteiger partial charge in [0.2, 0.25) is 5.91 Å². The van der Waals surface area contributed by atoms with Crippen molar-refractivity contribution in [3.05, 3.63) is 81.5 Å². The normalized spacial score (nSPS) is 23.1. The molecule has 16 heteroatoms. The number of carboxylic acid groups (broad SMARTS) is 1. The molecular formula is C41H39Cl2F2N7O4S.